The molecular formula is C42H77NO2. The topological polar surface area (TPSA) is 30.5 Å². The van der Waals surface area contributed by atoms with E-state index in [1.54, 1.807) is 0 Å². The summed E-state index contributed by atoms with van der Waals surface area (Å²) in [4.78, 5) is 0. The smallest absolute Gasteiger partial charge is 0.160 e. The number of hydrogen-bond acceptors (Lipinski definition) is 3. The molecule has 1 rings (SSSR count). The summed E-state index contributed by atoms with van der Waals surface area (Å²) in [6, 6.07) is 0. The number of ether oxygens (including phenoxy) is 2. The molecule has 0 aliphatic carbocycles. The SMILES string of the molecule is CCCCC/C=C\C/C=C\CCCCCCCCOC(OCCCCCCCC/C=C\C/C=C\CCCCC)C1CCNCC1. The summed E-state index contributed by atoms with van der Waals surface area (Å²) in [6.45, 7) is 8.44. The van der Waals surface area contributed by atoms with Crippen molar-refractivity contribution in [3.63, 3.8) is 0 Å². The van der Waals surface area contributed by atoms with Gasteiger partial charge in [-0.3, -0.25) is 0 Å². The van der Waals surface area contributed by atoms with E-state index in [0.29, 0.717) is 5.92 Å². The first-order chi connectivity index (χ1) is 22.4. The van der Waals surface area contributed by atoms with Crippen LogP contribution in [0.25, 0.3) is 0 Å². The van der Waals surface area contributed by atoms with Crippen LogP contribution in [0.5, 0.6) is 0 Å². The summed E-state index contributed by atoms with van der Waals surface area (Å²) >= 11 is 0. The highest BCUT2D eigenvalue weighted by Crippen LogP contribution is 2.21. The monoisotopic (exact) mass is 628 g/mol. The molecule has 0 unspecified atom stereocenters. The molecule has 1 N–H and O–H groups in total. The Labute approximate surface area is 282 Å². The van der Waals surface area contributed by atoms with Crippen LogP contribution >= 0.6 is 0 Å². The summed E-state index contributed by atoms with van der Waals surface area (Å²) in [5, 5.41) is 3.50. The van der Waals surface area contributed by atoms with Crippen molar-refractivity contribution in [2.75, 3.05) is 26.3 Å². The van der Waals surface area contributed by atoms with Crippen LogP contribution in [-0.4, -0.2) is 32.6 Å². The molecule has 1 aliphatic rings. The van der Waals surface area contributed by atoms with E-state index in [-0.39, 0.29) is 6.29 Å². The van der Waals surface area contributed by atoms with E-state index in [9.17, 15) is 0 Å². The lowest BCUT2D eigenvalue weighted by molar-refractivity contribution is -0.178. The number of piperidine rings is 1. The molecule has 0 aromatic carbocycles. The van der Waals surface area contributed by atoms with Gasteiger partial charge in [0.1, 0.15) is 0 Å². The number of rotatable bonds is 33. The molecule has 262 valence electrons. The Morgan fingerprint density at radius 3 is 1.22 bits per heavy atom. The molecule has 45 heavy (non-hydrogen) atoms. The van der Waals surface area contributed by atoms with Gasteiger partial charge in [-0.25, -0.2) is 0 Å². The van der Waals surface area contributed by atoms with Gasteiger partial charge in [-0.05, 0) is 103 Å². The Balaban J connectivity index is 1.99. The third kappa shape index (κ3) is 30.0. The van der Waals surface area contributed by atoms with Crippen LogP contribution in [0.2, 0.25) is 0 Å². The molecule has 0 atom stereocenters. The quantitative estimate of drug-likeness (QED) is 0.0446. The maximum absolute atomic E-state index is 6.35. The van der Waals surface area contributed by atoms with E-state index >= 15 is 0 Å². The molecule has 3 heteroatoms. The Morgan fingerprint density at radius 2 is 0.822 bits per heavy atom. The zero-order chi connectivity index (χ0) is 32.1. The lowest BCUT2D eigenvalue weighted by Crippen LogP contribution is -2.37. The fourth-order valence-corrected chi connectivity index (χ4v) is 6.02. The summed E-state index contributed by atoms with van der Waals surface area (Å²) in [5.41, 5.74) is 0. The first kappa shape index (κ1) is 41.9. The highest BCUT2D eigenvalue weighted by atomic mass is 16.7. The maximum atomic E-state index is 6.35. The van der Waals surface area contributed by atoms with Gasteiger partial charge >= 0.3 is 0 Å². The van der Waals surface area contributed by atoms with Gasteiger partial charge in [0.25, 0.3) is 0 Å². The van der Waals surface area contributed by atoms with Crippen LogP contribution in [0.4, 0.5) is 0 Å². The number of nitrogens with one attached hydrogen (secondary N) is 1. The van der Waals surface area contributed by atoms with Crippen molar-refractivity contribution in [2.45, 2.75) is 187 Å². The number of hydrogen-bond donors (Lipinski definition) is 1. The molecule has 0 amide bonds. The molecule has 0 aromatic rings. The molecular weight excluding hydrogens is 550 g/mol. The predicted octanol–water partition coefficient (Wildman–Crippen LogP) is 13.0. The van der Waals surface area contributed by atoms with Gasteiger partial charge in [-0.1, -0.05) is 140 Å². The van der Waals surface area contributed by atoms with E-state index in [0.717, 1.165) is 39.1 Å². The summed E-state index contributed by atoms with van der Waals surface area (Å²) in [7, 11) is 0. The fraction of sp³-hybridized carbons (Fsp3) is 0.810. The van der Waals surface area contributed by atoms with Gasteiger partial charge in [0.15, 0.2) is 6.29 Å². The molecule has 1 heterocycles. The zero-order valence-corrected chi connectivity index (χ0v) is 30.3. The number of unbranched alkanes of at least 4 members (excludes halogenated alkanes) is 18. The molecule has 3 nitrogen and oxygen atoms in total. The summed E-state index contributed by atoms with van der Waals surface area (Å²) in [5.74, 6) is 0.556. The average Bonchev–Trinajstić information content (AvgIpc) is 3.07. The first-order valence-corrected chi connectivity index (χ1v) is 19.9. The molecule has 1 fully saturated rings. The second-order valence-corrected chi connectivity index (χ2v) is 13.4. The zero-order valence-electron chi connectivity index (χ0n) is 30.3. The van der Waals surface area contributed by atoms with Crippen LogP contribution in [0.3, 0.4) is 0 Å². The van der Waals surface area contributed by atoms with Gasteiger partial charge in [-0.2, -0.15) is 0 Å². The van der Waals surface area contributed by atoms with E-state index < -0.39 is 0 Å². The standard InChI is InChI=1S/C42H77NO2/c1-3-5-7-9-11-13-15-17-19-21-23-25-27-29-31-33-39-44-42(41-35-37-43-38-36-41)45-40-34-32-30-28-26-24-22-20-18-16-14-12-10-8-6-4-2/h11-14,17-20,41-43H,3-10,15-16,21-40H2,1-2H3/b13-11-,14-12-,19-17-,20-18-. The Hall–Kier alpha value is -1.16. The van der Waals surface area contributed by atoms with Crippen molar-refractivity contribution in [3.8, 4) is 0 Å². The van der Waals surface area contributed by atoms with Crippen molar-refractivity contribution >= 4 is 0 Å². The normalized spacial score (nSPS) is 14.9. The Bertz CT molecular complexity index is 641. The second kappa shape index (κ2) is 35.7. The highest BCUT2D eigenvalue weighted by Gasteiger charge is 2.24. The lowest BCUT2D eigenvalue weighted by Gasteiger charge is -2.30. The summed E-state index contributed by atoms with van der Waals surface area (Å²) < 4.78 is 12.7. The molecule has 0 saturated carbocycles. The average molecular weight is 628 g/mol. The highest BCUT2D eigenvalue weighted by molar-refractivity contribution is 4.93. The van der Waals surface area contributed by atoms with Crippen molar-refractivity contribution in [1.82, 2.24) is 5.32 Å². The van der Waals surface area contributed by atoms with Crippen LogP contribution in [0.1, 0.15) is 181 Å². The van der Waals surface area contributed by atoms with Crippen molar-refractivity contribution < 1.29 is 9.47 Å². The van der Waals surface area contributed by atoms with Crippen LogP contribution in [0, 0.1) is 5.92 Å². The minimum Gasteiger partial charge on any atom is -0.352 e. The lowest BCUT2D eigenvalue weighted by atomic mass is 9.97. The van der Waals surface area contributed by atoms with Crippen LogP contribution in [0.15, 0.2) is 48.6 Å². The third-order valence-corrected chi connectivity index (χ3v) is 9.02. The van der Waals surface area contributed by atoms with Gasteiger partial charge in [0.2, 0.25) is 0 Å². The van der Waals surface area contributed by atoms with Gasteiger partial charge in [0, 0.05) is 19.1 Å². The molecule has 0 radical (unpaired) electrons. The molecule has 0 aromatic heterocycles. The molecule has 0 bridgehead atoms. The van der Waals surface area contributed by atoms with Crippen molar-refractivity contribution in [3.05, 3.63) is 48.6 Å². The van der Waals surface area contributed by atoms with Gasteiger partial charge < -0.3 is 14.8 Å². The van der Waals surface area contributed by atoms with E-state index in [1.165, 1.54) is 154 Å². The summed E-state index contributed by atoms with van der Waals surface area (Å²) in [6.07, 6.45) is 52.0. The van der Waals surface area contributed by atoms with Crippen LogP contribution in [-0.2, 0) is 9.47 Å². The van der Waals surface area contributed by atoms with E-state index in [2.05, 4.69) is 67.8 Å². The van der Waals surface area contributed by atoms with E-state index in [1.807, 2.05) is 0 Å². The Kier molecular flexibility index (Phi) is 33.2. The molecule has 0 spiro atoms. The van der Waals surface area contributed by atoms with Gasteiger partial charge in [-0.15, -0.1) is 0 Å². The van der Waals surface area contributed by atoms with Crippen molar-refractivity contribution in [1.29, 1.82) is 0 Å². The predicted molar refractivity (Wildman–Crippen MR) is 200 cm³/mol. The van der Waals surface area contributed by atoms with Crippen molar-refractivity contribution in [2.24, 2.45) is 5.92 Å². The molecule has 1 aliphatic heterocycles. The fourth-order valence-electron chi connectivity index (χ4n) is 6.02. The third-order valence-electron chi connectivity index (χ3n) is 9.02. The van der Waals surface area contributed by atoms with Crippen LogP contribution < -0.4 is 5.32 Å². The minimum atomic E-state index is 0.00282. The number of allylic oxidation sites excluding steroid dienone is 8. The first-order valence-electron chi connectivity index (χ1n) is 19.9. The minimum absolute atomic E-state index is 0.00282. The van der Waals surface area contributed by atoms with Gasteiger partial charge in [0.05, 0.1) is 0 Å². The molecule has 1 saturated heterocycles. The van der Waals surface area contributed by atoms with E-state index in [4.69, 9.17) is 9.47 Å². The maximum Gasteiger partial charge on any atom is 0.160 e. The second-order valence-electron chi connectivity index (χ2n) is 13.4. The largest absolute Gasteiger partial charge is 0.352 e. The Morgan fingerprint density at radius 1 is 0.467 bits per heavy atom.